The molecule has 1 atom stereocenters. The lowest BCUT2D eigenvalue weighted by Crippen LogP contribution is -2.38. The Morgan fingerprint density at radius 2 is 2.20 bits per heavy atom. The van der Waals surface area contributed by atoms with Crippen LogP contribution in [0.4, 0.5) is 17.1 Å². The van der Waals surface area contributed by atoms with Gasteiger partial charge in [-0.1, -0.05) is 18.5 Å². The molecule has 4 nitrogen and oxygen atoms in total. The van der Waals surface area contributed by atoms with E-state index >= 15 is 0 Å². The highest BCUT2D eigenvalue weighted by Gasteiger charge is 2.24. The van der Waals surface area contributed by atoms with E-state index in [-0.39, 0.29) is 11.9 Å². The number of benzene rings is 1. The van der Waals surface area contributed by atoms with Crippen molar-refractivity contribution in [1.29, 1.82) is 0 Å². The van der Waals surface area contributed by atoms with Gasteiger partial charge in [-0.25, -0.2) is 0 Å². The molecule has 1 heterocycles. The first-order valence-electron chi connectivity index (χ1n) is 4.78. The molecule has 15 heavy (non-hydrogen) atoms. The molecule has 1 aliphatic rings. The molecule has 0 radical (unpaired) electrons. The Labute approximate surface area is 92.8 Å². The van der Waals surface area contributed by atoms with Crippen LogP contribution in [0, 0.1) is 0 Å². The number of hydrogen-bond donors (Lipinski definition) is 3. The summed E-state index contributed by atoms with van der Waals surface area (Å²) in [6.07, 6.45) is 0.730. The molecule has 1 aromatic carbocycles. The molecule has 1 aromatic rings. The van der Waals surface area contributed by atoms with Gasteiger partial charge in [-0.05, 0) is 18.6 Å². The number of carbonyl (C=O) groups is 1. The maximum Gasteiger partial charge on any atom is 0.246 e. The Balaban J connectivity index is 2.41. The summed E-state index contributed by atoms with van der Waals surface area (Å²) in [4.78, 5) is 11.5. The minimum Gasteiger partial charge on any atom is -0.397 e. The number of halogens is 1. The van der Waals surface area contributed by atoms with Gasteiger partial charge >= 0.3 is 0 Å². The SMILES string of the molecule is CCC1Nc2cc(N)c(Cl)cc2NC1=O. The van der Waals surface area contributed by atoms with Crippen LogP contribution >= 0.6 is 11.6 Å². The molecule has 5 heteroatoms. The first-order chi connectivity index (χ1) is 7.11. The Bertz CT molecular complexity index is 419. The number of nitrogen functional groups attached to an aromatic ring is 1. The summed E-state index contributed by atoms with van der Waals surface area (Å²) >= 11 is 5.86. The van der Waals surface area contributed by atoms with Gasteiger partial charge in [-0.3, -0.25) is 4.79 Å². The molecule has 1 unspecified atom stereocenters. The van der Waals surface area contributed by atoms with Crippen LogP contribution in [0.5, 0.6) is 0 Å². The normalized spacial score (nSPS) is 19.1. The summed E-state index contributed by atoms with van der Waals surface area (Å²) in [5.41, 5.74) is 7.70. The Hall–Kier alpha value is -1.42. The monoisotopic (exact) mass is 225 g/mol. The third-order valence-electron chi connectivity index (χ3n) is 2.45. The average Bonchev–Trinajstić information content (AvgIpc) is 2.20. The fourth-order valence-electron chi connectivity index (χ4n) is 1.57. The molecule has 0 bridgehead atoms. The smallest absolute Gasteiger partial charge is 0.246 e. The van der Waals surface area contributed by atoms with Gasteiger partial charge in [0.1, 0.15) is 6.04 Å². The van der Waals surface area contributed by atoms with Crippen molar-refractivity contribution in [2.24, 2.45) is 0 Å². The van der Waals surface area contributed by atoms with Gasteiger partial charge in [0.2, 0.25) is 5.91 Å². The zero-order chi connectivity index (χ0) is 11.0. The third-order valence-corrected chi connectivity index (χ3v) is 2.78. The van der Waals surface area contributed by atoms with Crippen LogP contribution in [0.25, 0.3) is 0 Å². The van der Waals surface area contributed by atoms with Gasteiger partial charge in [0.05, 0.1) is 22.1 Å². The van der Waals surface area contributed by atoms with Crippen molar-refractivity contribution >= 4 is 34.6 Å². The molecular weight excluding hydrogens is 214 g/mol. The fourth-order valence-corrected chi connectivity index (χ4v) is 1.74. The zero-order valence-corrected chi connectivity index (χ0v) is 9.06. The number of amides is 1. The maximum absolute atomic E-state index is 11.5. The van der Waals surface area contributed by atoms with Crippen molar-refractivity contribution < 1.29 is 4.79 Å². The third kappa shape index (κ3) is 1.72. The van der Waals surface area contributed by atoms with E-state index < -0.39 is 0 Å². The van der Waals surface area contributed by atoms with E-state index in [1.54, 1.807) is 12.1 Å². The molecule has 0 saturated heterocycles. The van der Waals surface area contributed by atoms with Crippen LogP contribution in [0.2, 0.25) is 5.02 Å². The molecule has 0 aromatic heterocycles. The Kier molecular flexibility index (Phi) is 2.44. The number of nitrogens with one attached hydrogen (secondary N) is 2. The topological polar surface area (TPSA) is 67.2 Å². The van der Waals surface area contributed by atoms with Crippen LogP contribution in [-0.4, -0.2) is 11.9 Å². The van der Waals surface area contributed by atoms with E-state index in [0.29, 0.717) is 16.4 Å². The molecule has 80 valence electrons. The van der Waals surface area contributed by atoms with E-state index in [4.69, 9.17) is 17.3 Å². The zero-order valence-electron chi connectivity index (χ0n) is 8.30. The van der Waals surface area contributed by atoms with Gasteiger partial charge in [0.25, 0.3) is 0 Å². The molecule has 1 aliphatic heterocycles. The van der Waals surface area contributed by atoms with E-state index in [1.165, 1.54) is 0 Å². The van der Waals surface area contributed by atoms with Crippen LogP contribution in [0.15, 0.2) is 12.1 Å². The van der Waals surface area contributed by atoms with Crippen molar-refractivity contribution in [3.63, 3.8) is 0 Å². The molecule has 2 rings (SSSR count). The lowest BCUT2D eigenvalue weighted by Gasteiger charge is -2.26. The minimum absolute atomic E-state index is 0.0363. The van der Waals surface area contributed by atoms with E-state index in [9.17, 15) is 4.79 Å². The number of fused-ring (bicyclic) bond motifs is 1. The highest BCUT2D eigenvalue weighted by molar-refractivity contribution is 6.33. The molecular formula is C10H12ClN3O. The van der Waals surface area contributed by atoms with Crippen molar-refractivity contribution in [2.45, 2.75) is 19.4 Å². The summed E-state index contributed by atoms with van der Waals surface area (Å²) in [6, 6.07) is 3.20. The summed E-state index contributed by atoms with van der Waals surface area (Å²) in [6.45, 7) is 1.95. The summed E-state index contributed by atoms with van der Waals surface area (Å²) in [7, 11) is 0. The second-order valence-electron chi connectivity index (χ2n) is 3.51. The summed E-state index contributed by atoms with van der Waals surface area (Å²) in [5.74, 6) is -0.0363. The van der Waals surface area contributed by atoms with Crippen LogP contribution < -0.4 is 16.4 Å². The molecule has 0 spiro atoms. The predicted molar refractivity (Wildman–Crippen MR) is 62.2 cm³/mol. The molecule has 0 saturated carbocycles. The standard InChI is InChI=1S/C10H12ClN3O/c1-2-7-10(15)14-8-3-5(11)6(12)4-9(8)13-7/h3-4,7,13H,2,12H2,1H3,(H,14,15). The quantitative estimate of drug-likeness (QED) is 0.641. The first kappa shape index (κ1) is 10.1. The van der Waals surface area contributed by atoms with Gasteiger partial charge < -0.3 is 16.4 Å². The van der Waals surface area contributed by atoms with Crippen LogP contribution in [0.1, 0.15) is 13.3 Å². The minimum atomic E-state index is -0.196. The second-order valence-corrected chi connectivity index (χ2v) is 3.92. The number of nitrogens with two attached hydrogens (primary N) is 1. The van der Waals surface area contributed by atoms with Gasteiger partial charge in [0.15, 0.2) is 0 Å². The number of hydrogen-bond acceptors (Lipinski definition) is 3. The highest BCUT2D eigenvalue weighted by atomic mass is 35.5. The maximum atomic E-state index is 11.5. The molecule has 1 amide bonds. The van der Waals surface area contributed by atoms with E-state index in [0.717, 1.165) is 12.1 Å². The lowest BCUT2D eigenvalue weighted by molar-refractivity contribution is -0.117. The van der Waals surface area contributed by atoms with Crippen molar-refractivity contribution in [3.8, 4) is 0 Å². The van der Waals surface area contributed by atoms with Crippen molar-refractivity contribution in [2.75, 3.05) is 16.4 Å². The van der Waals surface area contributed by atoms with Gasteiger partial charge in [-0.2, -0.15) is 0 Å². The average molecular weight is 226 g/mol. The first-order valence-corrected chi connectivity index (χ1v) is 5.16. The second kappa shape index (κ2) is 3.62. The van der Waals surface area contributed by atoms with Gasteiger partial charge in [-0.15, -0.1) is 0 Å². The number of carbonyl (C=O) groups excluding carboxylic acids is 1. The van der Waals surface area contributed by atoms with E-state index in [1.807, 2.05) is 6.92 Å². The Morgan fingerprint density at radius 3 is 2.87 bits per heavy atom. The lowest BCUT2D eigenvalue weighted by atomic mass is 10.1. The van der Waals surface area contributed by atoms with Crippen molar-refractivity contribution in [3.05, 3.63) is 17.2 Å². The number of anilines is 3. The Morgan fingerprint density at radius 1 is 1.47 bits per heavy atom. The summed E-state index contributed by atoms with van der Waals surface area (Å²) in [5, 5.41) is 6.35. The number of rotatable bonds is 1. The molecule has 0 aliphatic carbocycles. The van der Waals surface area contributed by atoms with Crippen LogP contribution in [0.3, 0.4) is 0 Å². The van der Waals surface area contributed by atoms with E-state index in [2.05, 4.69) is 10.6 Å². The molecule has 0 fully saturated rings. The largest absolute Gasteiger partial charge is 0.397 e. The van der Waals surface area contributed by atoms with Gasteiger partial charge in [0, 0.05) is 0 Å². The predicted octanol–water partition coefficient (Wildman–Crippen LogP) is 2.06. The summed E-state index contributed by atoms with van der Waals surface area (Å²) < 4.78 is 0. The highest BCUT2D eigenvalue weighted by Crippen LogP contribution is 2.34. The molecule has 4 N–H and O–H groups in total. The van der Waals surface area contributed by atoms with Crippen molar-refractivity contribution in [1.82, 2.24) is 0 Å². The van der Waals surface area contributed by atoms with Crippen LogP contribution in [-0.2, 0) is 4.79 Å². The fraction of sp³-hybridized carbons (Fsp3) is 0.300.